The van der Waals surface area contributed by atoms with Crippen LogP contribution in [0.15, 0.2) is 36.4 Å². The third kappa shape index (κ3) is 6.91. The SMILES string of the molecule is CCCCCNC(=O)c1cc(NCCCc2ccccc2)nc(C)n1. The van der Waals surface area contributed by atoms with Crippen LogP contribution in [-0.2, 0) is 6.42 Å². The molecule has 0 fully saturated rings. The molecule has 0 bridgehead atoms. The number of amides is 1. The van der Waals surface area contributed by atoms with Crippen molar-refractivity contribution in [3.05, 3.63) is 53.5 Å². The summed E-state index contributed by atoms with van der Waals surface area (Å²) < 4.78 is 0. The van der Waals surface area contributed by atoms with Crippen molar-refractivity contribution in [3.63, 3.8) is 0 Å². The molecule has 2 rings (SSSR count). The van der Waals surface area contributed by atoms with Crippen molar-refractivity contribution in [1.82, 2.24) is 15.3 Å². The second-order valence-electron chi connectivity index (χ2n) is 6.16. The smallest absolute Gasteiger partial charge is 0.270 e. The van der Waals surface area contributed by atoms with E-state index in [0.29, 0.717) is 23.9 Å². The lowest BCUT2D eigenvalue weighted by atomic mass is 10.1. The summed E-state index contributed by atoms with van der Waals surface area (Å²) >= 11 is 0. The Balaban J connectivity index is 1.82. The van der Waals surface area contributed by atoms with Gasteiger partial charge in [0.05, 0.1) is 0 Å². The molecule has 134 valence electrons. The lowest BCUT2D eigenvalue weighted by Crippen LogP contribution is -2.26. The van der Waals surface area contributed by atoms with Crippen molar-refractivity contribution in [2.45, 2.75) is 46.0 Å². The van der Waals surface area contributed by atoms with Crippen molar-refractivity contribution in [1.29, 1.82) is 0 Å². The number of anilines is 1. The number of nitrogens with one attached hydrogen (secondary N) is 2. The molecule has 0 aliphatic heterocycles. The number of unbranched alkanes of at least 4 members (excludes halogenated alkanes) is 2. The van der Waals surface area contributed by atoms with Crippen LogP contribution >= 0.6 is 0 Å². The molecule has 5 nitrogen and oxygen atoms in total. The van der Waals surface area contributed by atoms with Crippen LogP contribution in [0.5, 0.6) is 0 Å². The fourth-order valence-corrected chi connectivity index (χ4v) is 2.60. The summed E-state index contributed by atoms with van der Waals surface area (Å²) in [5, 5.41) is 6.22. The van der Waals surface area contributed by atoms with Crippen molar-refractivity contribution in [3.8, 4) is 0 Å². The van der Waals surface area contributed by atoms with Crippen molar-refractivity contribution in [2.75, 3.05) is 18.4 Å². The second-order valence-corrected chi connectivity index (χ2v) is 6.16. The number of rotatable bonds is 10. The van der Waals surface area contributed by atoms with Gasteiger partial charge in [-0.2, -0.15) is 0 Å². The average molecular weight is 340 g/mol. The van der Waals surface area contributed by atoms with Gasteiger partial charge in [-0.1, -0.05) is 50.1 Å². The fourth-order valence-electron chi connectivity index (χ4n) is 2.60. The predicted molar refractivity (Wildman–Crippen MR) is 102 cm³/mol. The molecule has 1 amide bonds. The number of benzene rings is 1. The Morgan fingerprint density at radius 2 is 1.84 bits per heavy atom. The minimum atomic E-state index is -0.131. The molecular formula is C20H28N4O. The van der Waals surface area contributed by atoms with E-state index in [4.69, 9.17) is 0 Å². The van der Waals surface area contributed by atoms with Gasteiger partial charge in [-0.05, 0) is 31.7 Å². The van der Waals surface area contributed by atoms with Crippen LogP contribution in [0.4, 0.5) is 5.82 Å². The molecule has 0 saturated heterocycles. The van der Waals surface area contributed by atoms with Gasteiger partial charge in [-0.25, -0.2) is 9.97 Å². The Morgan fingerprint density at radius 3 is 2.60 bits per heavy atom. The lowest BCUT2D eigenvalue weighted by Gasteiger charge is -2.09. The van der Waals surface area contributed by atoms with E-state index >= 15 is 0 Å². The Morgan fingerprint density at radius 1 is 1.04 bits per heavy atom. The molecule has 2 N–H and O–H groups in total. The van der Waals surface area contributed by atoms with E-state index in [9.17, 15) is 4.79 Å². The molecule has 1 heterocycles. The summed E-state index contributed by atoms with van der Waals surface area (Å²) in [6.45, 7) is 5.45. The van der Waals surface area contributed by atoms with Gasteiger partial charge in [0.15, 0.2) is 0 Å². The van der Waals surface area contributed by atoms with Crippen LogP contribution in [0, 0.1) is 6.92 Å². The first-order valence-corrected chi connectivity index (χ1v) is 9.10. The van der Waals surface area contributed by atoms with E-state index in [-0.39, 0.29) is 5.91 Å². The molecule has 0 unspecified atom stereocenters. The summed E-state index contributed by atoms with van der Waals surface area (Å²) in [4.78, 5) is 20.8. The van der Waals surface area contributed by atoms with Gasteiger partial charge >= 0.3 is 0 Å². The van der Waals surface area contributed by atoms with Crippen molar-refractivity contribution >= 4 is 11.7 Å². The van der Waals surface area contributed by atoms with E-state index in [1.165, 1.54) is 5.56 Å². The highest BCUT2D eigenvalue weighted by molar-refractivity contribution is 5.92. The molecule has 1 aromatic heterocycles. The number of nitrogens with zero attached hydrogens (tertiary/aromatic N) is 2. The van der Waals surface area contributed by atoms with Crippen LogP contribution in [0.3, 0.4) is 0 Å². The summed E-state index contributed by atoms with van der Waals surface area (Å²) in [6.07, 6.45) is 5.28. The van der Waals surface area contributed by atoms with E-state index in [1.54, 1.807) is 6.07 Å². The first-order chi connectivity index (χ1) is 12.2. The van der Waals surface area contributed by atoms with Gasteiger partial charge in [-0.15, -0.1) is 0 Å². The third-order valence-electron chi connectivity index (χ3n) is 3.93. The van der Waals surface area contributed by atoms with Crippen molar-refractivity contribution < 1.29 is 4.79 Å². The quantitative estimate of drug-likeness (QED) is 0.647. The molecular weight excluding hydrogens is 312 g/mol. The van der Waals surface area contributed by atoms with E-state index in [0.717, 1.165) is 38.6 Å². The molecule has 1 aromatic carbocycles. The van der Waals surface area contributed by atoms with Gasteiger partial charge in [0, 0.05) is 19.2 Å². The highest BCUT2D eigenvalue weighted by Crippen LogP contribution is 2.08. The first kappa shape index (κ1) is 18.9. The molecule has 0 atom stereocenters. The maximum absolute atomic E-state index is 12.2. The van der Waals surface area contributed by atoms with Crippen LogP contribution in [-0.4, -0.2) is 29.0 Å². The lowest BCUT2D eigenvalue weighted by molar-refractivity contribution is 0.0947. The number of aryl methyl sites for hydroxylation is 2. The molecule has 5 heteroatoms. The zero-order valence-electron chi connectivity index (χ0n) is 15.2. The summed E-state index contributed by atoms with van der Waals surface area (Å²) in [5.74, 6) is 1.18. The van der Waals surface area contributed by atoms with Gasteiger partial charge in [-0.3, -0.25) is 4.79 Å². The number of aromatic nitrogens is 2. The molecule has 25 heavy (non-hydrogen) atoms. The molecule has 2 aromatic rings. The van der Waals surface area contributed by atoms with Crippen LogP contribution < -0.4 is 10.6 Å². The molecule has 0 aliphatic rings. The minimum absolute atomic E-state index is 0.131. The standard InChI is InChI=1S/C20H28N4O/c1-3-4-8-13-22-20(25)18-15-19(24-16(2)23-18)21-14-9-12-17-10-6-5-7-11-17/h5-7,10-11,15H,3-4,8-9,12-14H2,1-2H3,(H,22,25)(H,21,23,24). The average Bonchev–Trinajstić information content (AvgIpc) is 2.63. The molecule has 0 saturated carbocycles. The Kier molecular flexibility index (Phi) is 7.89. The Bertz CT molecular complexity index is 658. The van der Waals surface area contributed by atoms with Gasteiger partial charge in [0.1, 0.15) is 17.3 Å². The number of carbonyl (C=O) groups excluding carboxylic acids is 1. The highest BCUT2D eigenvalue weighted by atomic mass is 16.1. The topological polar surface area (TPSA) is 66.9 Å². The number of hydrogen-bond donors (Lipinski definition) is 2. The normalized spacial score (nSPS) is 10.5. The zero-order valence-corrected chi connectivity index (χ0v) is 15.2. The molecule has 0 spiro atoms. The minimum Gasteiger partial charge on any atom is -0.370 e. The van der Waals surface area contributed by atoms with Gasteiger partial charge in [0.25, 0.3) is 5.91 Å². The van der Waals surface area contributed by atoms with E-state index < -0.39 is 0 Å². The van der Waals surface area contributed by atoms with Gasteiger partial charge < -0.3 is 10.6 Å². The van der Waals surface area contributed by atoms with Crippen LogP contribution in [0.2, 0.25) is 0 Å². The first-order valence-electron chi connectivity index (χ1n) is 9.10. The maximum Gasteiger partial charge on any atom is 0.270 e. The molecule has 0 aliphatic carbocycles. The largest absolute Gasteiger partial charge is 0.370 e. The van der Waals surface area contributed by atoms with Gasteiger partial charge in [0.2, 0.25) is 0 Å². The predicted octanol–water partition coefficient (Wildman–Crippen LogP) is 3.75. The van der Waals surface area contributed by atoms with E-state index in [2.05, 4.69) is 51.8 Å². The number of carbonyl (C=O) groups is 1. The second kappa shape index (κ2) is 10.4. The summed E-state index contributed by atoms with van der Waals surface area (Å²) in [6, 6.07) is 12.1. The third-order valence-corrected chi connectivity index (χ3v) is 3.93. The van der Waals surface area contributed by atoms with Crippen LogP contribution in [0.25, 0.3) is 0 Å². The van der Waals surface area contributed by atoms with E-state index in [1.807, 2.05) is 13.0 Å². The fraction of sp³-hybridized carbons (Fsp3) is 0.450. The zero-order chi connectivity index (χ0) is 17.9. The number of hydrogen-bond acceptors (Lipinski definition) is 4. The Labute approximate surface area is 150 Å². The monoisotopic (exact) mass is 340 g/mol. The maximum atomic E-state index is 12.2. The highest BCUT2D eigenvalue weighted by Gasteiger charge is 2.09. The Hall–Kier alpha value is -2.43. The van der Waals surface area contributed by atoms with Crippen molar-refractivity contribution in [2.24, 2.45) is 0 Å². The summed E-state index contributed by atoms with van der Waals surface area (Å²) in [5.41, 5.74) is 1.75. The summed E-state index contributed by atoms with van der Waals surface area (Å²) in [7, 11) is 0. The molecule has 0 radical (unpaired) electrons. The van der Waals surface area contributed by atoms with Crippen LogP contribution in [0.1, 0.15) is 54.5 Å².